The van der Waals surface area contributed by atoms with Gasteiger partial charge in [-0.25, -0.2) is 0 Å². The molecular weight excluding hydrogens is 198 g/mol. The molecule has 0 radical (unpaired) electrons. The van der Waals surface area contributed by atoms with Crippen LogP contribution in [0.1, 0.15) is 24.0 Å². The van der Waals surface area contributed by atoms with E-state index >= 15 is 0 Å². The van der Waals surface area contributed by atoms with Gasteiger partial charge in [0, 0.05) is 12.6 Å². The summed E-state index contributed by atoms with van der Waals surface area (Å²) < 4.78 is 5.61. The molecule has 88 valence electrons. The van der Waals surface area contributed by atoms with Crippen molar-refractivity contribution in [3.63, 3.8) is 0 Å². The van der Waals surface area contributed by atoms with Gasteiger partial charge in [0.2, 0.25) is 0 Å². The van der Waals surface area contributed by atoms with E-state index in [0.717, 1.165) is 18.9 Å². The van der Waals surface area contributed by atoms with Crippen LogP contribution in [0.3, 0.4) is 0 Å². The summed E-state index contributed by atoms with van der Waals surface area (Å²) in [6.45, 7) is 3.72. The van der Waals surface area contributed by atoms with E-state index in [0.29, 0.717) is 6.61 Å². The molecular formula is C14H21NO. The van der Waals surface area contributed by atoms with Gasteiger partial charge in [0.05, 0.1) is 6.61 Å². The van der Waals surface area contributed by atoms with E-state index in [1.54, 1.807) is 0 Å². The minimum absolute atomic E-state index is 0.125. The minimum atomic E-state index is 0.125. The summed E-state index contributed by atoms with van der Waals surface area (Å²) >= 11 is 0. The van der Waals surface area contributed by atoms with Crippen LogP contribution in [0.15, 0.2) is 24.3 Å². The highest BCUT2D eigenvalue weighted by molar-refractivity contribution is 5.26. The average molecular weight is 219 g/mol. The molecule has 1 aliphatic carbocycles. The van der Waals surface area contributed by atoms with Gasteiger partial charge in [-0.3, -0.25) is 0 Å². The Morgan fingerprint density at radius 3 is 2.81 bits per heavy atom. The van der Waals surface area contributed by atoms with Crippen molar-refractivity contribution in [1.82, 2.24) is 0 Å². The van der Waals surface area contributed by atoms with E-state index < -0.39 is 0 Å². The van der Waals surface area contributed by atoms with Gasteiger partial charge in [-0.1, -0.05) is 24.3 Å². The van der Waals surface area contributed by atoms with Gasteiger partial charge in [0.25, 0.3) is 0 Å². The fourth-order valence-corrected chi connectivity index (χ4v) is 1.85. The number of hydrogen-bond donors (Lipinski definition) is 1. The maximum absolute atomic E-state index is 6.06. The fraction of sp³-hybridized carbons (Fsp3) is 0.571. The van der Waals surface area contributed by atoms with Crippen molar-refractivity contribution in [2.45, 2.75) is 32.2 Å². The Hall–Kier alpha value is -0.860. The molecule has 0 aliphatic heterocycles. The van der Waals surface area contributed by atoms with Crippen molar-refractivity contribution in [2.75, 3.05) is 13.2 Å². The Labute approximate surface area is 97.8 Å². The highest BCUT2D eigenvalue weighted by atomic mass is 16.5. The van der Waals surface area contributed by atoms with Crippen LogP contribution in [0.25, 0.3) is 0 Å². The predicted octanol–water partition coefficient (Wildman–Crippen LogP) is 2.29. The fourth-order valence-electron chi connectivity index (χ4n) is 1.85. The summed E-state index contributed by atoms with van der Waals surface area (Å²) in [4.78, 5) is 0. The minimum Gasteiger partial charge on any atom is -0.380 e. The molecule has 2 nitrogen and oxygen atoms in total. The molecule has 2 rings (SSSR count). The summed E-state index contributed by atoms with van der Waals surface area (Å²) in [5.41, 5.74) is 8.71. The number of aryl methyl sites for hydroxylation is 1. The van der Waals surface area contributed by atoms with E-state index in [1.807, 2.05) is 0 Å². The molecule has 1 aromatic rings. The molecule has 0 amide bonds. The molecule has 2 N–H and O–H groups in total. The summed E-state index contributed by atoms with van der Waals surface area (Å²) in [5, 5.41) is 0. The van der Waals surface area contributed by atoms with E-state index in [4.69, 9.17) is 10.5 Å². The zero-order chi connectivity index (χ0) is 11.4. The first-order valence-corrected chi connectivity index (χ1v) is 6.13. The quantitative estimate of drug-likeness (QED) is 0.796. The molecule has 16 heavy (non-hydrogen) atoms. The van der Waals surface area contributed by atoms with E-state index in [-0.39, 0.29) is 6.04 Å². The summed E-state index contributed by atoms with van der Waals surface area (Å²) in [6.07, 6.45) is 3.59. The molecule has 0 aromatic heterocycles. The van der Waals surface area contributed by atoms with Gasteiger partial charge in [-0.15, -0.1) is 0 Å². The topological polar surface area (TPSA) is 35.2 Å². The van der Waals surface area contributed by atoms with Crippen LogP contribution < -0.4 is 5.73 Å². The predicted molar refractivity (Wildman–Crippen MR) is 66.4 cm³/mol. The Morgan fingerprint density at radius 1 is 1.38 bits per heavy atom. The first-order valence-electron chi connectivity index (χ1n) is 6.13. The molecule has 2 heteroatoms. The van der Waals surface area contributed by atoms with Crippen molar-refractivity contribution in [3.8, 4) is 0 Å². The average Bonchev–Trinajstić information content (AvgIpc) is 3.05. The molecule has 1 aromatic carbocycles. The van der Waals surface area contributed by atoms with Crippen LogP contribution in [0.4, 0.5) is 0 Å². The lowest BCUT2D eigenvalue weighted by Gasteiger charge is -2.13. The number of benzene rings is 1. The van der Waals surface area contributed by atoms with Crippen LogP contribution in [-0.4, -0.2) is 19.3 Å². The lowest BCUT2D eigenvalue weighted by Crippen LogP contribution is -2.29. The van der Waals surface area contributed by atoms with Gasteiger partial charge < -0.3 is 10.5 Å². The van der Waals surface area contributed by atoms with Gasteiger partial charge in [0.1, 0.15) is 0 Å². The molecule has 0 spiro atoms. The highest BCUT2D eigenvalue weighted by Crippen LogP contribution is 2.28. The zero-order valence-electron chi connectivity index (χ0n) is 9.99. The monoisotopic (exact) mass is 219 g/mol. The second-order valence-corrected chi connectivity index (χ2v) is 4.87. The number of ether oxygens (including phenoxy) is 1. The van der Waals surface area contributed by atoms with Crippen LogP contribution in [0, 0.1) is 12.8 Å². The summed E-state index contributed by atoms with van der Waals surface area (Å²) in [6, 6.07) is 8.54. The molecule has 1 fully saturated rings. The van der Waals surface area contributed by atoms with Crippen LogP contribution >= 0.6 is 0 Å². The normalized spacial score (nSPS) is 17.4. The maximum Gasteiger partial charge on any atom is 0.0620 e. The van der Waals surface area contributed by atoms with Gasteiger partial charge in [0.15, 0.2) is 0 Å². The third-order valence-electron chi connectivity index (χ3n) is 3.13. The molecule has 1 unspecified atom stereocenters. The third kappa shape index (κ3) is 3.62. The maximum atomic E-state index is 6.06. The Morgan fingerprint density at radius 2 is 2.12 bits per heavy atom. The van der Waals surface area contributed by atoms with E-state index in [2.05, 4.69) is 31.2 Å². The van der Waals surface area contributed by atoms with Crippen molar-refractivity contribution >= 4 is 0 Å². The molecule has 0 heterocycles. The molecule has 1 aliphatic rings. The SMILES string of the molecule is Cc1ccccc1CC(N)COCC1CC1. The summed E-state index contributed by atoms with van der Waals surface area (Å²) in [5.74, 6) is 0.825. The third-order valence-corrected chi connectivity index (χ3v) is 3.13. The van der Waals surface area contributed by atoms with Gasteiger partial charge in [-0.05, 0) is 43.2 Å². The number of hydrogen-bond acceptors (Lipinski definition) is 2. The van der Waals surface area contributed by atoms with Crippen molar-refractivity contribution in [3.05, 3.63) is 35.4 Å². The molecule has 0 bridgehead atoms. The van der Waals surface area contributed by atoms with Crippen molar-refractivity contribution in [2.24, 2.45) is 11.7 Å². The van der Waals surface area contributed by atoms with E-state index in [1.165, 1.54) is 24.0 Å². The number of nitrogens with two attached hydrogens (primary N) is 1. The van der Waals surface area contributed by atoms with Crippen LogP contribution in [0.5, 0.6) is 0 Å². The van der Waals surface area contributed by atoms with E-state index in [9.17, 15) is 0 Å². The first kappa shape index (κ1) is 11.6. The second kappa shape index (κ2) is 5.46. The second-order valence-electron chi connectivity index (χ2n) is 4.87. The summed E-state index contributed by atoms with van der Waals surface area (Å²) in [7, 11) is 0. The standard InChI is InChI=1S/C14H21NO/c1-11-4-2-3-5-13(11)8-14(15)10-16-9-12-6-7-12/h2-5,12,14H,6-10,15H2,1H3. The largest absolute Gasteiger partial charge is 0.380 e. The highest BCUT2D eigenvalue weighted by Gasteiger charge is 2.21. The smallest absolute Gasteiger partial charge is 0.0620 e. The van der Waals surface area contributed by atoms with Crippen molar-refractivity contribution in [1.29, 1.82) is 0 Å². The van der Waals surface area contributed by atoms with Crippen molar-refractivity contribution < 1.29 is 4.74 Å². The Bertz CT molecular complexity index is 333. The van der Waals surface area contributed by atoms with Crippen LogP contribution in [-0.2, 0) is 11.2 Å². The Kier molecular flexibility index (Phi) is 3.97. The van der Waals surface area contributed by atoms with Crippen LogP contribution in [0.2, 0.25) is 0 Å². The van der Waals surface area contributed by atoms with Gasteiger partial charge >= 0.3 is 0 Å². The number of rotatable bonds is 6. The Balaban J connectivity index is 1.73. The first-order chi connectivity index (χ1) is 7.75. The molecule has 1 saturated carbocycles. The lowest BCUT2D eigenvalue weighted by molar-refractivity contribution is 0.111. The lowest BCUT2D eigenvalue weighted by atomic mass is 10.0. The molecule has 0 saturated heterocycles. The van der Waals surface area contributed by atoms with Gasteiger partial charge in [-0.2, -0.15) is 0 Å². The zero-order valence-corrected chi connectivity index (χ0v) is 9.99. The molecule has 1 atom stereocenters.